The summed E-state index contributed by atoms with van der Waals surface area (Å²) in [7, 11) is 0. The van der Waals surface area contributed by atoms with E-state index in [4.69, 9.17) is 27.2 Å². The van der Waals surface area contributed by atoms with E-state index in [0.29, 0.717) is 17.3 Å². The van der Waals surface area contributed by atoms with Crippen molar-refractivity contribution in [2.75, 3.05) is 0 Å². The SMILES string of the molecule is N[C@H](CC(=O)O)Cc1nccc(-c2ccc(Oc3ncc(Cl)cc3F)cc2)n1. The van der Waals surface area contributed by atoms with Crippen LogP contribution in [0, 0.1) is 5.82 Å². The zero-order chi connectivity index (χ0) is 20.1. The molecule has 7 nitrogen and oxygen atoms in total. The predicted octanol–water partition coefficient (Wildman–Crippen LogP) is 3.47. The number of hydrogen-bond acceptors (Lipinski definition) is 6. The highest BCUT2D eigenvalue weighted by atomic mass is 35.5. The molecule has 3 N–H and O–H groups in total. The summed E-state index contributed by atoms with van der Waals surface area (Å²) < 4.78 is 19.2. The quantitative estimate of drug-likeness (QED) is 0.622. The number of hydrogen-bond donors (Lipinski definition) is 2. The Morgan fingerprint density at radius 1 is 1.25 bits per heavy atom. The normalized spacial score (nSPS) is 11.8. The van der Waals surface area contributed by atoms with E-state index in [-0.39, 0.29) is 23.7 Å². The fourth-order valence-electron chi connectivity index (χ4n) is 2.47. The second-order valence-corrected chi connectivity index (χ2v) is 6.42. The van der Waals surface area contributed by atoms with Gasteiger partial charge in [-0.15, -0.1) is 0 Å². The third-order valence-electron chi connectivity index (χ3n) is 3.73. The van der Waals surface area contributed by atoms with Gasteiger partial charge >= 0.3 is 5.97 Å². The van der Waals surface area contributed by atoms with Gasteiger partial charge in [0.2, 0.25) is 0 Å². The number of aromatic nitrogens is 3. The highest BCUT2D eigenvalue weighted by Crippen LogP contribution is 2.26. The number of nitrogens with zero attached hydrogens (tertiary/aromatic N) is 3. The number of carboxylic acids is 1. The lowest BCUT2D eigenvalue weighted by molar-refractivity contribution is -0.137. The Labute approximate surface area is 165 Å². The first-order valence-electron chi connectivity index (χ1n) is 8.29. The molecule has 0 fully saturated rings. The van der Waals surface area contributed by atoms with Gasteiger partial charge in [-0.3, -0.25) is 4.79 Å². The van der Waals surface area contributed by atoms with E-state index in [2.05, 4.69) is 15.0 Å². The monoisotopic (exact) mass is 402 g/mol. The highest BCUT2D eigenvalue weighted by Gasteiger charge is 2.12. The van der Waals surface area contributed by atoms with E-state index < -0.39 is 17.8 Å². The van der Waals surface area contributed by atoms with Crippen LogP contribution in [0.4, 0.5) is 4.39 Å². The zero-order valence-corrected chi connectivity index (χ0v) is 15.3. The molecular formula is C19H16ClFN4O3. The molecule has 0 saturated carbocycles. The summed E-state index contributed by atoms with van der Waals surface area (Å²) in [5, 5.41) is 8.97. The summed E-state index contributed by atoms with van der Waals surface area (Å²) in [6.07, 6.45) is 2.98. The molecule has 0 unspecified atom stereocenters. The minimum Gasteiger partial charge on any atom is -0.481 e. The van der Waals surface area contributed by atoms with Gasteiger partial charge in [-0.25, -0.2) is 19.3 Å². The van der Waals surface area contributed by atoms with Gasteiger partial charge in [-0.1, -0.05) is 11.6 Å². The molecule has 9 heteroatoms. The predicted molar refractivity (Wildman–Crippen MR) is 101 cm³/mol. The molecule has 1 atom stereocenters. The van der Waals surface area contributed by atoms with Crippen LogP contribution in [0.25, 0.3) is 11.3 Å². The van der Waals surface area contributed by atoms with E-state index in [1.54, 1.807) is 36.5 Å². The van der Waals surface area contributed by atoms with Crippen molar-refractivity contribution >= 4 is 17.6 Å². The summed E-state index contributed by atoms with van der Waals surface area (Å²) >= 11 is 5.67. The van der Waals surface area contributed by atoms with Crippen LogP contribution in [0.15, 0.2) is 48.8 Å². The fourth-order valence-corrected chi connectivity index (χ4v) is 2.62. The van der Waals surface area contributed by atoms with Gasteiger partial charge in [0.15, 0.2) is 5.82 Å². The molecule has 3 aromatic rings. The van der Waals surface area contributed by atoms with Crippen molar-refractivity contribution < 1.29 is 19.0 Å². The Hall–Kier alpha value is -3.10. The Balaban J connectivity index is 1.72. The maximum atomic E-state index is 13.8. The van der Waals surface area contributed by atoms with Crippen LogP contribution in [-0.4, -0.2) is 32.1 Å². The number of ether oxygens (including phenoxy) is 1. The van der Waals surface area contributed by atoms with Gasteiger partial charge in [0, 0.05) is 30.4 Å². The number of rotatable bonds is 7. The Kier molecular flexibility index (Phi) is 6.13. The van der Waals surface area contributed by atoms with Gasteiger partial charge in [0.1, 0.15) is 11.6 Å². The van der Waals surface area contributed by atoms with Crippen LogP contribution in [-0.2, 0) is 11.2 Å². The zero-order valence-electron chi connectivity index (χ0n) is 14.5. The molecule has 0 amide bonds. The standard InChI is InChI=1S/C19H16ClFN4O3/c20-12-7-15(21)19(24-10-12)28-14-3-1-11(2-4-14)16-5-6-23-17(25-16)8-13(22)9-18(26)27/h1-7,10,13H,8-9,22H2,(H,26,27)/t13-/m0/s1. The average molecular weight is 403 g/mol. The number of aliphatic carboxylic acids is 1. The van der Waals surface area contributed by atoms with Crippen LogP contribution in [0.2, 0.25) is 5.02 Å². The maximum absolute atomic E-state index is 13.8. The summed E-state index contributed by atoms with van der Waals surface area (Å²) in [6, 6.07) is 9.11. The summed E-state index contributed by atoms with van der Waals surface area (Å²) in [4.78, 5) is 23.1. The fraction of sp³-hybridized carbons (Fsp3) is 0.158. The van der Waals surface area contributed by atoms with Gasteiger partial charge < -0.3 is 15.6 Å². The van der Waals surface area contributed by atoms with E-state index in [1.165, 1.54) is 6.20 Å². The van der Waals surface area contributed by atoms with Crippen molar-refractivity contribution in [1.29, 1.82) is 0 Å². The molecule has 144 valence electrons. The van der Waals surface area contributed by atoms with Crippen molar-refractivity contribution in [2.24, 2.45) is 5.73 Å². The maximum Gasteiger partial charge on any atom is 0.304 e. The Morgan fingerprint density at radius 2 is 2.00 bits per heavy atom. The van der Waals surface area contributed by atoms with Gasteiger partial charge in [0.05, 0.1) is 17.1 Å². The summed E-state index contributed by atoms with van der Waals surface area (Å²) in [5.74, 6) is -0.941. The lowest BCUT2D eigenvalue weighted by Crippen LogP contribution is -2.27. The van der Waals surface area contributed by atoms with Crippen molar-refractivity contribution in [3.8, 4) is 22.9 Å². The van der Waals surface area contributed by atoms with Crippen LogP contribution in [0.3, 0.4) is 0 Å². The molecule has 0 aliphatic carbocycles. The third kappa shape index (κ3) is 5.21. The number of carboxylic acid groups (broad SMARTS) is 1. The Morgan fingerprint density at radius 3 is 2.68 bits per heavy atom. The number of nitrogens with two attached hydrogens (primary N) is 1. The smallest absolute Gasteiger partial charge is 0.304 e. The van der Waals surface area contributed by atoms with Crippen LogP contribution < -0.4 is 10.5 Å². The second kappa shape index (κ2) is 8.73. The van der Waals surface area contributed by atoms with Crippen molar-refractivity contribution in [3.05, 3.63) is 65.5 Å². The van der Waals surface area contributed by atoms with Gasteiger partial charge in [-0.2, -0.15) is 0 Å². The lowest BCUT2D eigenvalue weighted by atomic mass is 10.1. The molecule has 1 aromatic carbocycles. The van der Waals surface area contributed by atoms with Crippen molar-refractivity contribution in [2.45, 2.75) is 18.9 Å². The number of halogens is 2. The third-order valence-corrected chi connectivity index (χ3v) is 3.93. The highest BCUT2D eigenvalue weighted by molar-refractivity contribution is 6.30. The second-order valence-electron chi connectivity index (χ2n) is 5.99. The largest absolute Gasteiger partial charge is 0.481 e. The molecule has 2 heterocycles. The molecule has 0 aliphatic heterocycles. The first-order valence-corrected chi connectivity index (χ1v) is 8.67. The molecule has 2 aromatic heterocycles. The molecule has 28 heavy (non-hydrogen) atoms. The molecule has 0 radical (unpaired) electrons. The molecule has 3 rings (SSSR count). The average Bonchev–Trinajstić information content (AvgIpc) is 2.64. The molecular weight excluding hydrogens is 387 g/mol. The molecule has 0 aliphatic rings. The van der Waals surface area contributed by atoms with Gasteiger partial charge in [-0.05, 0) is 36.4 Å². The minimum atomic E-state index is -0.967. The van der Waals surface area contributed by atoms with Gasteiger partial charge in [0.25, 0.3) is 5.88 Å². The molecule has 0 saturated heterocycles. The van der Waals surface area contributed by atoms with E-state index in [9.17, 15) is 9.18 Å². The molecule has 0 bridgehead atoms. The van der Waals surface area contributed by atoms with Crippen LogP contribution >= 0.6 is 11.6 Å². The number of benzene rings is 1. The number of carbonyl (C=O) groups is 1. The van der Waals surface area contributed by atoms with Crippen LogP contribution in [0.1, 0.15) is 12.2 Å². The minimum absolute atomic E-state index is 0.158. The van der Waals surface area contributed by atoms with E-state index in [0.717, 1.165) is 11.6 Å². The molecule has 0 spiro atoms. The van der Waals surface area contributed by atoms with Crippen LogP contribution in [0.5, 0.6) is 11.6 Å². The topological polar surface area (TPSA) is 111 Å². The summed E-state index contributed by atoms with van der Waals surface area (Å²) in [6.45, 7) is 0. The first-order chi connectivity index (χ1) is 13.4. The van der Waals surface area contributed by atoms with Crippen molar-refractivity contribution in [3.63, 3.8) is 0 Å². The summed E-state index contributed by atoms with van der Waals surface area (Å²) in [5.41, 5.74) is 7.22. The van der Waals surface area contributed by atoms with E-state index in [1.807, 2.05) is 0 Å². The number of pyridine rings is 1. The van der Waals surface area contributed by atoms with E-state index >= 15 is 0 Å². The lowest BCUT2D eigenvalue weighted by Gasteiger charge is -2.09. The first kappa shape index (κ1) is 19.7. The Bertz CT molecular complexity index is 985. The van der Waals surface area contributed by atoms with Crippen molar-refractivity contribution in [1.82, 2.24) is 15.0 Å².